The Morgan fingerprint density at radius 1 is 1.50 bits per heavy atom. The first-order valence-corrected chi connectivity index (χ1v) is 6.15. The summed E-state index contributed by atoms with van der Waals surface area (Å²) in [5.41, 5.74) is 0.418. The Bertz CT molecular complexity index is 200. The summed E-state index contributed by atoms with van der Waals surface area (Å²) in [6, 6.07) is 0.759. The van der Waals surface area contributed by atoms with Crippen molar-refractivity contribution in [1.29, 1.82) is 0 Å². The molecular formula is C12H24N2. The van der Waals surface area contributed by atoms with E-state index in [9.17, 15) is 0 Å². The van der Waals surface area contributed by atoms with Gasteiger partial charge < -0.3 is 5.32 Å². The van der Waals surface area contributed by atoms with E-state index in [0.29, 0.717) is 5.54 Å². The second-order valence-corrected chi connectivity index (χ2v) is 5.35. The highest BCUT2D eigenvalue weighted by molar-refractivity contribution is 5.02. The van der Waals surface area contributed by atoms with Crippen LogP contribution in [0.1, 0.15) is 40.0 Å². The van der Waals surface area contributed by atoms with Crippen LogP contribution in [0.25, 0.3) is 0 Å². The summed E-state index contributed by atoms with van der Waals surface area (Å²) in [6.07, 6.45) is 4.16. The molecule has 0 radical (unpaired) electrons. The Balaban J connectivity index is 1.95. The van der Waals surface area contributed by atoms with Crippen molar-refractivity contribution in [1.82, 2.24) is 10.2 Å². The van der Waals surface area contributed by atoms with Crippen molar-refractivity contribution in [2.45, 2.75) is 51.6 Å². The Kier molecular flexibility index (Phi) is 2.85. The molecule has 82 valence electrons. The topological polar surface area (TPSA) is 15.3 Å². The van der Waals surface area contributed by atoms with E-state index in [1.54, 1.807) is 0 Å². The van der Waals surface area contributed by atoms with Crippen LogP contribution in [0.2, 0.25) is 0 Å². The lowest BCUT2D eigenvalue weighted by molar-refractivity contribution is 0.0930. The summed E-state index contributed by atoms with van der Waals surface area (Å²) in [5, 5.41) is 3.72. The Morgan fingerprint density at radius 2 is 2.21 bits per heavy atom. The fraction of sp³-hybridized carbons (Fsp3) is 1.00. The predicted octanol–water partition coefficient (Wildman–Crippen LogP) is 1.86. The van der Waals surface area contributed by atoms with Gasteiger partial charge in [0.25, 0.3) is 0 Å². The molecule has 2 rings (SSSR count). The molecule has 14 heavy (non-hydrogen) atoms. The van der Waals surface area contributed by atoms with Crippen LogP contribution in [0, 0.1) is 5.92 Å². The maximum Gasteiger partial charge on any atom is 0.0309 e. The van der Waals surface area contributed by atoms with Gasteiger partial charge in [-0.1, -0.05) is 6.92 Å². The molecule has 0 aromatic heterocycles. The minimum atomic E-state index is 0.418. The SMILES string of the molecule is CCC(C)N1CCNC(C)(C2CC2)C1. The standard InChI is InChI=1S/C12H24N2/c1-4-10(2)14-8-7-13-12(3,9-14)11-5-6-11/h10-11,13H,4-9H2,1-3H3. The summed E-state index contributed by atoms with van der Waals surface area (Å²) >= 11 is 0. The van der Waals surface area contributed by atoms with Crippen molar-refractivity contribution < 1.29 is 0 Å². The van der Waals surface area contributed by atoms with Gasteiger partial charge in [-0.2, -0.15) is 0 Å². The summed E-state index contributed by atoms with van der Waals surface area (Å²) in [5.74, 6) is 0.953. The van der Waals surface area contributed by atoms with Crippen molar-refractivity contribution in [2.24, 2.45) is 5.92 Å². The van der Waals surface area contributed by atoms with E-state index in [0.717, 1.165) is 12.0 Å². The first kappa shape index (κ1) is 10.4. The van der Waals surface area contributed by atoms with Gasteiger partial charge in [-0.3, -0.25) is 4.90 Å². The van der Waals surface area contributed by atoms with Crippen LogP contribution >= 0.6 is 0 Å². The van der Waals surface area contributed by atoms with Crippen LogP contribution in [0.5, 0.6) is 0 Å². The molecule has 1 aliphatic heterocycles. The molecule has 1 saturated carbocycles. The van der Waals surface area contributed by atoms with Crippen molar-refractivity contribution in [3.8, 4) is 0 Å². The lowest BCUT2D eigenvalue weighted by Crippen LogP contribution is -2.61. The smallest absolute Gasteiger partial charge is 0.0309 e. The maximum atomic E-state index is 3.72. The zero-order valence-corrected chi connectivity index (χ0v) is 9.84. The highest BCUT2D eigenvalue weighted by Crippen LogP contribution is 2.41. The number of hydrogen-bond donors (Lipinski definition) is 1. The highest BCUT2D eigenvalue weighted by Gasteiger charge is 2.44. The Labute approximate surface area is 88.1 Å². The molecule has 0 aromatic rings. The van der Waals surface area contributed by atoms with Crippen molar-refractivity contribution in [3.05, 3.63) is 0 Å². The second kappa shape index (κ2) is 3.82. The van der Waals surface area contributed by atoms with E-state index in [-0.39, 0.29) is 0 Å². The molecule has 1 aliphatic carbocycles. The van der Waals surface area contributed by atoms with E-state index in [1.165, 1.54) is 38.9 Å². The highest BCUT2D eigenvalue weighted by atomic mass is 15.2. The van der Waals surface area contributed by atoms with E-state index in [2.05, 4.69) is 31.0 Å². The quantitative estimate of drug-likeness (QED) is 0.741. The molecule has 1 N–H and O–H groups in total. The monoisotopic (exact) mass is 196 g/mol. The van der Waals surface area contributed by atoms with E-state index < -0.39 is 0 Å². The molecule has 1 heterocycles. The van der Waals surface area contributed by atoms with Crippen LogP contribution in [-0.4, -0.2) is 36.1 Å². The minimum absolute atomic E-state index is 0.418. The van der Waals surface area contributed by atoms with Crippen LogP contribution < -0.4 is 5.32 Å². The molecule has 1 saturated heterocycles. The molecule has 2 atom stereocenters. The Morgan fingerprint density at radius 3 is 2.79 bits per heavy atom. The van der Waals surface area contributed by atoms with E-state index in [4.69, 9.17) is 0 Å². The molecule has 2 aliphatic rings. The van der Waals surface area contributed by atoms with Crippen molar-refractivity contribution in [2.75, 3.05) is 19.6 Å². The normalized spacial score (nSPS) is 37.1. The number of nitrogens with one attached hydrogen (secondary N) is 1. The molecule has 2 heteroatoms. The largest absolute Gasteiger partial charge is 0.309 e. The summed E-state index contributed by atoms with van der Waals surface area (Å²) in [6.45, 7) is 10.7. The summed E-state index contributed by atoms with van der Waals surface area (Å²) in [4.78, 5) is 2.66. The van der Waals surface area contributed by atoms with Crippen LogP contribution in [0.3, 0.4) is 0 Å². The zero-order valence-electron chi connectivity index (χ0n) is 9.84. The number of piperazine rings is 1. The third kappa shape index (κ3) is 1.96. The van der Waals surface area contributed by atoms with Crippen LogP contribution in [-0.2, 0) is 0 Å². The first-order chi connectivity index (χ1) is 6.65. The molecule has 0 bridgehead atoms. The van der Waals surface area contributed by atoms with Crippen molar-refractivity contribution >= 4 is 0 Å². The second-order valence-electron chi connectivity index (χ2n) is 5.35. The van der Waals surface area contributed by atoms with Gasteiger partial charge in [-0.25, -0.2) is 0 Å². The fourth-order valence-corrected chi connectivity index (χ4v) is 2.67. The molecule has 0 spiro atoms. The summed E-state index contributed by atoms with van der Waals surface area (Å²) in [7, 11) is 0. The average molecular weight is 196 g/mol. The van der Waals surface area contributed by atoms with E-state index >= 15 is 0 Å². The Hall–Kier alpha value is -0.0800. The van der Waals surface area contributed by atoms with Gasteiger partial charge in [0, 0.05) is 31.2 Å². The van der Waals surface area contributed by atoms with Gasteiger partial charge in [0.2, 0.25) is 0 Å². The number of hydrogen-bond acceptors (Lipinski definition) is 2. The van der Waals surface area contributed by atoms with Crippen LogP contribution in [0.4, 0.5) is 0 Å². The van der Waals surface area contributed by atoms with Gasteiger partial charge >= 0.3 is 0 Å². The van der Waals surface area contributed by atoms with Gasteiger partial charge in [0.05, 0.1) is 0 Å². The molecule has 2 unspecified atom stereocenters. The number of nitrogens with zero attached hydrogens (tertiary/aromatic N) is 1. The molecule has 0 amide bonds. The van der Waals surface area contributed by atoms with Gasteiger partial charge in [-0.05, 0) is 39.0 Å². The first-order valence-electron chi connectivity index (χ1n) is 6.15. The third-order valence-corrected chi connectivity index (χ3v) is 4.15. The average Bonchev–Trinajstić information content (AvgIpc) is 3.00. The molecular weight excluding hydrogens is 172 g/mol. The minimum Gasteiger partial charge on any atom is -0.309 e. The zero-order chi connectivity index (χ0) is 10.2. The van der Waals surface area contributed by atoms with Gasteiger partial charge in [-0.15, -0.1) is 0 Å². The number of rotatable bonds is 3. The van der Waals surface area contributed by atoms with Crippen LogP contribution in [0.15, 0.2) is 0 Å². The summed E-state index contributed by atoms with van der Waals surface area (Å²) < 4.78 is 0. The molecule has 2 fully saturated rings. The van der Waals surface area contributed by atoms with E-state index in [1.807, 2.05) is 0 Å². The molecule has 0 aromatic carbocycles. The predicted molar refractivity (Wildman–Crippen MR) is 60.5 cm³/mol. The molecule has 2 nitrogen and oxygen atoms in total. The van der Waals surface area contributed by atoms with Gasteiger partial charge in [0.1, 0.15) is 0 Å². The van der Waals surface area contributed by atoms with Crippen molar-refractivity contribution in [3.63, 3.8) is 0 Å². The lowest BCUT2D eigenvalue weighted by Gasteiger charge is -2.44. The maximum absolute atomic E-state index is 3.72. The lowest BCUT2D eigenvalue weighted by atomic mass is 9.92. The fourth-order valence-electron chi connectivity index (χ4n) is 2.67. The third-order valence-electron chi connectivity index (χ3n) is 4.15. The van der Waals surface area contributed by atoms with Gasteiger partial charge in [0.15, 0.2) is 0 Å².